The number of benzene rings is 2. The van der Waals surface area contributed by atoms with Gasteiger partial charge in [-0.25, -0.2) is 10.3 Å². The summed E-state index contributed by atoms with van der Waals surface area (Å²) in [5.74, 6) is -0.637. The Morgan fingerprint density at radius 3 is 2.00 bits per heavy atom. The van der Waals surface area contributed by atoms with Crippen molar-refractivity contribution in [3.63, 3.8) is 0 Å². The van der Waals surface area contributed by atoms with E-state index >= 15 is 0 Å². The van der Waals surface area contributed by atoms with E-state index in [1.54, 1.807) is 60.9 Å². The van der Waals surface area contributed by atoms with E-state index < -0.39 is 5.91 Å². The van der Waals surface area contributed by atoms with Crippen LogP contribution in [-0.2, 0) is 0 Å². The zero-order chi connectivity index (χ0) is 18.4. The van der Waals surface area contributed by atoms with Crippen LogP contribution in [-0.4, -0.2) is 22.9 Å². The fourth-order valence-electron chi connectivity index (χ4n) is 2.22. The van der Waals surface area contributed by atoms with Crippen molar-refractivity contribution < 1.29 is 19.6 Å². The van der Waals surface area contributed by atoms with E-state index in [0.29, 0.717) is 16.8 Å². The molecule has 0 spiro atoms. The average Bonchev–Trinajstić information content (AvgIpc) is 2.61. The van der Waals surface area contributed by atoms with E-state index in [1.165, 1.54) is 6.92 Å². The normalized spacial score (nSPS) is 11.3. The van der Waals surface area contributed by atoms with Crippen molar-refractivity contribution in [2.75, 3.05) is 5.32 Å². The van der Waals surface area contributed by atoms with Crippen molar-refractivity contribution in [1.29, 1.82) is 0 Å². The summed E-state index contributed by atoms with van der Waals surface area (Å²) in [4.78, 5) is 34.6. The van der Waals surface area contributed by atoms with Crippen LogP contribution in [0.3, 0.4) is 0 Å². The fourth-order valence-corrected chi connectivity index (χ4v) is 2.22. The van der Waals surface area contributed by atoms with Crippen molar-refractivity contribution in [2.24, 2.45) is 0 Å². The first-order valence-electron chi connectivity index (χ1n) is 7.63. The van der Waals surface area contributed by atoms with Gasteiger partial charge < -0.3 is 10.6 Å². The number of carbonyl (C=O) groups excluding carboxylic acids is 3. The minimum absolute atomic E-state index is 0.0389. The molecular formula is C18H19N3O4. The van der Waals surface area contributed by atoms with Crippen LogP contribution in [0.25, 0.3) is 0 Å². The Morgan fingerprint density at radius 2 is 1.48 bits per heavy atom. The molecule has 3 amide bonds. The topological polar surface area (TPSA) is 108 Å². The van der Waals surface area contributed by atoms with Gasteiger partial charge >= 0.3 is 6.03 Å². The fraction of sp³-hybridized carbons (Fsp3) is 0.167. The SMILES string of the molecule is CC(=O)c1ccc(NC(=O)NC(C)c2ccc(C(=O)NO)cc2)cc1. The van der Waals surface area contributed by atoms with Gasteiger partial charge in [-0.2, -0.15) is 0 Å². The number of Topliss-reactive ketones (excluding diaryl/α,β-unsaturated/α-hetero) is 1. The molecule has 0 bridgehead atoms. The minimum Gasteiger partial charge on any atom is -0.331 e. The third-order valence-corrected chi connectivity index (χ3v) is 3.67. The molecule has 0 aliphatic rings. The predicted octanol–water partition coefficient (Wildman–Crippen LogP) is 2.89. The monoisotopic (exact) mass is 341 g/mol. The molecule has 0 saturated carbocycles. The molecule has 0 heterocycles. The highest BCUT2D eigenvalue weighted by Crippen LogP contribution is 2.15. The number of hydrogen-bond acceptors (Lipinski definition) is 4. The summed E-state index contributed by atoms with van der Waals surface area (Å²) in [7, 11) is 0. The molecule has 0 radical (unpaired) electrons. The Balaban J connectivity index is 1.95. The molecule has 2 aromatic rings. The van der Waals surface area contributed by atoms with Gasteiger partial charge in [0.1, 0.15) is 0 Å². The average molecular weight is 341 g/mol. The lowest BCUT2D eigenvalue weighted by Gasteiger charge is -2.15. The molecule has 0 saturated heterocycles. The van der Waals surface area contributed by atoms with Gasteiger partial charge in [-0.05, 0) is 55.8 Å². The molecule has 7 heteroatoms. The van der Waals surface area contributed by atoms with Crippen LogP contribution in [0.4, 0.5) is 10.5 Å². The van der Waals surface area contributed by atoms with Crippen LogP contribution in [0.2, 0.25) is 0 Å². The maximum absolute atomic E-state index is 12.1. The summed E-state index contributed by atoms with van der Waals surface area (Å²) in [6, 6.07) is 12.4. The molecule has 1 unspecified atom stereocenters. The van der Waals surface area contributed by atoms with Gasteiger partial charge in [0.15, 0.2) is 5.78 Å². The Hall–Kier alpha value is -3.19. The van der Waals surface area contributed by atoms with Crippen LogP contribution in [0.15, 0.2) is 48.5 Å². The maximum Gasteiger partial charge on any atom is 0.319 e. The number of ketones is 1. The molecule has 7 nitrogen and oxygen atoms in total. The molecule has 2 rings (SSSR count). The van der Waals surface area contributed by atoms with Crippen LogP contribution in [0.5, 0.6) is 0 Å². The Kier molecular flexibility index (Phi) is 5.86. The van der Waals surface area contributed by atoms with E-state index in [4.69, 9.17) is 5.21 Å². The highest BCUT2D eigenvalue weighted by Gasteiger charge is 2.11. The summed E-state index contributed by atoms with van der Waals surface area (Å²) in [6.45, 7) is 3.28. The first kappa shape index (κ1) is 18.2. The summed E-state index contributed by atoms with van der Waals surface area (Å²) in [5, 5.41) is 14.1. The quantitative estimate of drug-likeness (QED) is 0.381. The smallest absolute Gasteiger partial charge is 0.319 e. The number of carbonyl (C=O) groups is 3. The Morgan fingerprint density at radius 1 is 0.920 bits per heavy atom. The number of hydroxylamine groups is 1. The van der Waals surface area contributed by atoms with Crippen LogP contribution >= 0.6 is 0 Å². The van der Waals surface area contributed by atoms with Crippen molar-refractivity contribution in [3.8, 4) is 0 Å². The zero-order valence-corrected chi connectivity index (χ0v) is 13.9. The van der Waals surface area contributed by atoms with E-state index in [1.807, 2.05) is 0 Å². The molecule has 2 aromatic carbocycles. The molecule has 130 valence electrons. The Labute approximate surface area is 145 Å². The number of nitrogens with one attached hydrogen (secondary N) is 3. The lowest BCUT2D eigenvalue weighted by atomic mass is 10.1. The van der Waals surface area contributed by atoms with Gasteiger partial charge in [0.25, 0.3) is 5.91 Å². The van der Waals surface area contributed by atoms with Crippen LogP contribution < -0.4 is 16.1 Å². The maximum atomic E-state index is 12.1. The summed E-state index contributed by atoms with van der Waals surface area (Å²) in [5.41, 5.74) is 3.83. The number of rotatable bonds is 5. The second-order valence-electron chi connectivity index (χ2n) is 5.52. The standard InChI is InChI=1S/C18H19N3O4/c1-11(13-3-5-15(6-4-13)17(23)21-25)19-18(24)20-16-9-7-14(8-10-16)12(2)22/h3-11,25H,1-2H3,(H,21,23)(H2,19,20,24). The van der Waals surface area contributed by atoms with E-state index in [-0.39, 0.29) is 17.9 Å². The number of amides is 3. The van der Waals surface area contributed by atoms with Crippen LogP contribution in [0.1, 0.15) is 46.2 Å². The van der Waals surface area contributed by atoms with Crippen molar-refractivity contribution >= 4 is 23.4 Å². The minimum atomic E-state index is -0.598. The van der Waals surface area contributed by atoms with Crippen LogP contribution in [0, 0.1) is 0 Å². The molecule has 4 N–H and O–H groups in total. The molecule has 25 heavy (non-hydrogen) atoms. The van der Waals surface area contributed by atoms with Gasteiger partial charge in [0.2, 0.25) is 0 Å². The third kappa shape index (κ3) is 4.89. The van der Waals surface area contributed by atoms with Crippen molar-refractivity contribution in [3.05, 3.63) is 65.2 Å². The molecule has 0 aliphatic heterocycles. The van der Waals surface area contributed by atoms with Gasteiger partial charge in [-0.3, -0.25) is 14.8 Å². The summed E-state index contributed by atoms with van der Waals surface area (Å²) in [6.07, 6.45) is 0. The van der Waals surface area contributed by atoms with Crippen molar-refractivity contribution in [2.45, 2.75) is 19.9 Å². The second kappa shape index (κ2) is 8.07. The number of anilines is 1. The first-order chi connectivity index (χ1) is 11.9. The summed E-state index contributed by atoms with van der Waals surface area (Å²) < 4.78 is 0. The number of urea groups is 1. The molecule has 0 fully saturated rings. The molecule has 0 aliphatic carbocycles. The first-order valence-corrected chi connectivity index (χ1v) is 7.63. The predicted molar refractivity (Wildman–Crippen MR) is 92.7 cm³/mol. The molecule has 1 atom stereocenters. The molecular weight excluding hydrogens is 322 g/mol. The van der Waals surface area contributed by atoms with E-state index in [2.05, 4.69) is 10.6 Å². The summed E-state index contributed by atoms with van der Waals surface area (Å²) >= 11 is 0. The van der Waals surface area contributed by atoms with Gasteiger partial charge in [-0.1, -0.05) is 12.1 Å². The highest BCUT2D eigenvalue weighted by atomic mass is 16.5. The lowest BCUT2D eigenvalue weighted by molar-refractivity contribution is 0.0706. The van der Waals surface area contributed by atoms with Gasteiger partial charge in [-0.15, -0.1) is 0 Å². The van der Waals surface area contributed by atoms with Gasteiger partial charge in [0.05, 0.1) is 6.04 Å². The second-order valence-corrected chi connectivity index (χ2v) is 5.52. The van der Waals surface area contributed by atoms with E-state index in [0.717, 1.165) is 5.56 Å². The lowest BCUT2D eigenvalue weighted by Crippen LogP contribution is -2.31. The Bertz CT molecular complexity index is 770. The van der Waals surface area contributed by atoms with Crippen molar-refractivity contribution in [1.82, 2.24) is 10.8 Å². The van der Waals surface area contributed by atoms with E-state index in [9.17, 15) is 14.4 Å². The highest BCUT2D eigenvalue weighted by molar-refractivity contribution is 5.95. The molecule has 0 aromatic heterocycles. The largest absolute Gasteiger partial charge is 0.331 e. The zero-order valence-electron chi connectivity index (χ0n) is 13.9. The third-order valence-electron chi connectivity index (χ3n) is 3.67. The number of hydrogen-bond donors (Lipinski definition) is 4. The van der Waals surface area contributed by atoms with Gasteiger partial charge in [0, 0.05) is 16.8 Å².